The SMILES string of the molecule is CCCCCCCCCCc1c(C)nc(Nc2nc(C)c3ccccc3n2)[nH]c1=O. The molecule has 0 aliphatic carbocycles. The minimum Gasteiger partial charge on any atom is -0.294 e. The van der Waals surface area contributed by atoms with Crippen LogP contribution in [-0.4, -0.2) is 19.9 Å². The van der Waals surface area contributed by atoms with Crippen LogP contribution in [0.1, 0.15) is 75.2 Å². The van der Waals surface area contributed by atoms with E-state index in [1.54, 1.807) is 0 Å². The van der Waals surface area contributed by atoms with Gasteiger partial charge in [-0.3, -0.25) is 15.1 Å². The van der Waals surface area contributed by atoms with Crippen molar-refractivity contribution in [2.24, 2.45) is 0 Å². The third-order valence-corrected chi connectivity index (χ3v) is 5.53. The van der Waals surface area contributed by atoms with Crippen molar-refractivity contribution in [1.29, 1.82) is 0 Å². The van der Waals surface area contributed by atoms with Crippen molar-refractivity contribution in [1.82, 2.24) is 19.9 Å². The van der Waals surface area contributed by atoms with Crippen LogP contribution < -0.4 is 10.9 Å². The fourth-order valence-corrected chi connectivity index (χ4v) is 3.80. The molecular weight excluding hydrogens is 374 g/mol. The van der Waals surface area contributed by atoms with Crippen molar-refractivity contribution in [3.63, 3.8) is 0 Å². The second-order valence-corrected chi connectivity index (χ2v) is 7.98. The van der Waals surface area contributed by atoms with Crippen molar-refractivity contribution in [3.05, 3.63) is 51.6 Å². The van der Waals surface area contributed by atoms with E-state index in [1.807, 2.05) is 38.1 Å². The number of hydrogen-bond acceptors (Lipinski definition) is 5. The molecule has 0 atom stereocenters. The zero-order valence-electron chi connectivity index (χ0n) is 18.4. The van der Waals surface area contributed by atoms with E-state index in [9.17, 15) is 4.79 Å². The molecule has 2 N–H and O–H groups in total. The Bertz CT molecular complexity index is 1030. The molecule has 0 spiro atoms. The monoisotopic (exact) mass is 407 g/mol. The van der Waals surface area contributed by atoms with Crippen LogP contribution in [0.15, 0.2) is 29.1 Å². The number of aryl methyl sites for hydroxylation is 2. The summed E-state index contributed by atoms with van der Waals surface area (Å²) in [5, 5.41) is 4.07. The molecule has 30 heavy (non-hydrogen) atoms. The van der Waals surface area contributed by atoms with Crippen molar-refractivity contribution >= 4 is 22.8 Å². The second kappa shape index (κ2) is 10.9. The summed E-state index contributed by atoms with van der Waals surface area (Å²) in [4.78, 5) is 29.0. The van der Waals surface area contributed by atoms with Gasteiger partial charge in [0.25, 0.3) is 5.56 Å². The minimum absolute atomic E-state index is 0.0783. The number of para-hydroxylation sites is 1. The Hall–Kier alpha value is -2.76. The van der Waals surface area contributed by atoms with Crippen LogP contribution >= 0.6 is 0 Å². The molecule has 6 nitrogen and oxygen atoms in total. The summed E-state index contributed by atoms with van der Waals surface area (Å²) in [6, 6.07) is 7.87. The summed E-state index contributed by atoms with van der Waals surface area (Å²) < 4.78 is 0. The highest BCUT2D eigenvalue weighted by molar-refractivity contribution is 5.81. The van der Waals surface area contributed by atoms with E-state index in [4.69, 9.17) is 0 Å². The first kappa shape index (κ1) is 21.9. The fourth-order valence-electron chi connectivity index (χ4n) is 3.80. The van der Waals surface area contributed by atoms with Gasteiger partial charge in [0, 0.05) is 16.6 Å². The zero-order valence-corrected chi connectivity index (χ0v) is 18.4. The molecule has 1 aromatic carbocycles. The van der Waals surface area contributed by atoms with Crippen LogP contribution in [0.2, 0.25) is 0 Å². The van der Waals surface area contributed by atoms with Gasteiger partial charge in [-0.1, -0.05) is 70.1 Å². The Kier molecular flexibility index (Phi) is 7.94. The molecule has 0 amide bonds. The van der Waals surface area contributed by atoms with E-state index in [1.165, 1.54) is 38.5 Å². The first-order valence-electron chi connectivity index (χ1n) is 11.2. The average Bonchev–Trinajstić information content (AvgIpc) is 2.71. The predicted molar refractivity (Wildman–Crippen MR) is 123 cm³/mol. The number of unbranched alkanes of at least 4 members (excludes halogenated alkanes) is 7. The normalized spacial score (nSPS) is 11.2. The van der Waals surface area contributed by atoms with Crippen LogP contribution in [0.25, 0.3) is 10.9 Å². The predicted octanol–water partition coefficient (Wildman–Crippen LogP) is 5.76. The van der Waals surface area contributed by atoms with Gasteiger partial charge in [-0.2, -0.15) is 0 Å². The van der Waals surface area contributed by atoms with Gasteiger partial charge in [-0.15, -0.1) is 0 Å². The maximum Gasteiger partial charge on any atom is 0.255 e. The van der Waals surface area contributed by atoms with E-state index in [0.717, 1.165) is 47.1 Å². The van der Waals surface area contributed by atoms with Gasteiger partial charge in [-0.25, -0.2) is 15.0 Å². The number of nitrogens with one attached hydrogen (secondary N) is 2. The summed E-state index contributed by atoms with van der Waals surface area (Å²) in [5.74, 6) is 0.816. The maximum absolute atomic E-state index is 12.6. The molecule has 0 aliphatic rings. The molecule has 6 heteroatoms. The Morgan fingerprint density at radius 2 is 1.57 bits per heavy atom. The van der Waals surface area contributed by atoms with Crippen molar-refractivity contribution < 1.29 is 0 Å². The first-order chi connectivity index (χ1) is 14.6. The van der Waals surface area contributed by atoms with Crippen molar-refractivity contribution in [2.45, 2.75) is 78.6 Å². The third kappa shape index (κ3) is 5.88. The largest absolute Gasteiger partial charge is 0.294 e. The van der Waals surface area contributed by atoms with Crippen molar-refractivity contribution in [2.75, 3.05) is 5.32 Å². The Labute approximate surface area is 178 Å². The van der Waals surface area contributed by atoms with Crippen LogP contribution in [0, 0.1) is 13.8 Å². The van der Waals surface area contributed by atoms with E-state index in [-0.39, 0.29) is 5.56 Å². The fraction of sp³-hybridized carbons (Fsp3) is 0.500. The molecule has 3 aromatic rings. The molecule has 0 radical (unpaired) electrons. The highest BCUT2D eigenvalue weighted by Gasteiger charge is 2.10. The number of rotatable bonds is 11. The van der Waals surface area contributed by atoms with Crippen LogP contribution in [0.4, 0.5) is 11.9 Å². The number of anilines is 2. The zero-order chi connectivity index (χ0) is 21.3. The second-order valence-electron chi connectivity index (χ2n) is 7.98. The Morgan fingerprint density at radius 1 is 0.867 bits per heavy atom. The van der Waals surface area contributed by atoms with Gasteiger partial charge < -0.3 is 0 Å². The molecule has 2 heterocycles. The molecule has 3 rings (SSSR count). The quantitative estimate of drug-likeness (QED) is 0.395. The number of aromatic nitrogens is 4. The lowest BCUT2D eigenvalue weighted by atomic mass is 10.0. The summed E-state index contributed by atoms with van der Waals surface area (Å²) in [7, 11) is 0. The molecule has 0 saturated heterocycles. The molecule has 2 aromatic heterocycles. The van der Waals surface area contributed by atoms with Gasteiger partial charge in [0.1, 0.15) is 0 Å². The summed E-state index contributed by atoms with van der Waals surface area (Å²) in [6.45, 7) is 6.08. The van der Waals surface area contributed by atoms with E-state index >= 15 is 0 Å². The topological polar surface area (TPSA) is 83.6 Å². The third-order valence-electron chi connectivity index (χ3n) is 5.53. The number of fused-ring (bicyclic) bond motifs is 1. The molecule has 0 saturated carbocycles. The number of nitrogens with zero attached hydrogens (tertiary/aromatic N) is 3. The maximum atomic E-state index is 12.6. The average molecular weight is 408 g/mol. The minimum atomic E-state index is -0.0783. The summed E-state index contributed by atoms with van der Waals surface area (Å²) in [6.07, 6.45) is 10.8. The highest BCUT2D eigenvalue weighted by atomic mass is 16.1. The van der Waals surface area contributed by atoms with Gasteiger partial charge >= 0.3 is 0 Å². The van der Waals surface area contributed by atoms with E-state index in [0.29, 0.717) is 11.9 Å². The molecular formula is C24H33N5O. The number of aromatic amines is 1. The van der Waals surface area contributed by atoms with Gasteiger partial charge in [0.05, 0.1) is 11.2 Å². The van der Waals surface area contributed by atoms with Crippen molar-refractivity contribution in [3.8, 4) is 0 Å². The standard InChI is InChI=1S/C24H33N5O/c1-4-5-6-7-8-9-10-11-15-20-18(3)26-24(28-22(20)30)29-23-25-17(2)19-14-12-13-16-21(19)27-23/h12-14,16H,4-11,15H2,1-3H3,(H2,25,26,27,28,29,30). The number of H-pyrrole nitrogens is 1. The smallest absolute Gasteiger partial charge is 0.255 e. The number of hydrogen-bond donors (Lipinski definition) is 2. The van der Waals surface area contributed by atoms with E-state index < -0.39 is 0 Å². The lowest BCUT2D eigenvalue weighted by Crippen LogP contribution is -2.19. The lowest BCUT2D eigenvalue weighted by Gasteiger charge is -2.10. The molecule has 160 valence electrons. The van der Waals surface area contributed by atoms with Crippen LogP contribution in [-0.2, 0) is 6.42 Å². The molecule has 0 fully saturated rings. The highest BCUT2D eigenvalue weighted by Crippen LogP contribution is 2.18. The van der Waals surface area contributed by atoms with Gasteiger partial charge in [0.2, 0.25) is 11.9 Å². The Balaban J connectivity index is 1.59. The first-order valence-corrected chi connectivity index (χ1v) is 11.2. The van der Waals surface area contributed by atoms with Gasteiger partial charge in [-0.05, 0) is 32.8 Å². The lowest BCUT2D eigenvalue weighted by molar-refractivity contribution is 0.574. The summed E-state index contributed by atoms with van der Waals surface area (Å²) >= 11 is 0. The summed E-state index contributed by atoms with van der Waals surface area (Å²) in [5.41, 5.74) is 3.21. The molecule has 0 bridgehead atoms. The Morgan fingerprint density at radius 3 is 2.30 bits per heavy atom. The number of benzene rings is 1. The van der Waals surface area contributed by atoms with Crippen LogP contribution in [0.5, 0.6) is 0 Å². The van der Waals surface area contributed by atoms with E-state index in [2.05, 4.69) is 32.2 Å². The molecule has 0 unspecified atom stereocenters. The van der Waals surface area contributed by atoms with Crippen LogP contribution in [0.3, 0.4) is 0 Å². The molecule has 0 aliphatic heterocycles. The van der Waals surface area contributed by atoms with Gasteiger partial charge in [0.15, 0.2) is 0 Å².